The molecule has 114 valence electrons. The lowest BCUT2D eigenvalue weighted by Gasteiger charge is -2.39. The number of nitrogens with one attached hydrogen (secondary N) is 1. The average molecular weight is 270 g/mol. The highest BCUT2D eigenvalue weighted by Gasteiger charge is 2.30. The van der Waals surface area contributed by atoms with Crippen molar-refractivity contribution in [1.82, 2.24) is 10.2 Å². The molecule has 19 heavy (non-hydrogen) atoms. The van der Waals surface area contributed by atoms with Gasteiger partial charge in [-0.25, -0.2) is 0 Å². The van der Waals surface area contributed by atoms with Gasteiger partial charge >= 0.3 is 0 Å². The molecular formula is C16H34N2O. The number of aliphatic hydroxyl groups excluding tert-OH is 1. The minimum absolute atomic E-state index is 0.283. The maximum Gasteiger partial charge on any atom is 0.0558 e. The van der Waals surface area contributed by atoms with E-state index in [0.717, 1.165) is 38.0 Å². The van der Waals surface area contributed by atoms with Gasteiger partial charge in [0.2, 0.25) is 0 Å². The largest absolute Gasteiger partial charge is 0.395 e. The summed E-state index contributed by atoms with van der Waals surface area (Å²) in [6, 6.07) is 0.686. The van der Waals surface area contributed by atoms with Gasteiger partial charge in [-0.3, -0.25) is 0 Å². The zero-order valence-electron chi connectivity index (χ0n) is 13.2. The molecule has 0 radical (unpaired) electrons. The van der Waals surface area contributed by atoms with Gasteiger partial charge in [0.05, 0.1) is 6.61 Å². The van der Waals surface area contributed by atoms with Crippen molar-refractivity contribution in [1.29, 1.82) is 0 Å². The molecule has 0 aromatic carbocycles. The number of hydrogen-bond acceptors (Lipinski definition) is 3. The SMILES string of the molecule is CCCC1CCC(NCC)C(CN(CC)CCO)C1. The van der Waals surface area contributed by atoms with Crippen LogP contribution in [0.3, 0.4) is 0 Å². The second kappa shape index (κ2) is 9.73. The molecule has 1 fully saturated rings. The van der Waals surface area contributed by atoms with Gasteiger partial charge in [-0.05, 0) is 44.2 Å². The third kappa shape index (κ3) is 5.80. The molecule has 3 heteroatoms. The second-order valence-electron chi connectivity index (χ2n) is 6.01. The van der Waals surface area contributed by atoms with Crippen molar-refractivity contribution >= 4 is 0 Å². The summed E-state index contributed by atoms with van der Waals surface area (Å²) in [6.45, 7) is 11.1. The molecule has 0 aromatic heterocycles. The summed E-state index contributed by atoms with van der Waals surface area (Å²) in [5, 5.41) is 12.8. The Balaban J connectivity index is 2.54. The minimum Gasteiger partial charge on any atom is -0.395 e. The Morgan fingerprint density at radius 1 is 1.21 bits per heavy atom. The number of likely N-dealkylation sites (N-methyl/N-ethyl adjacent to an activating group) is 1. The van der Waals surface area contributed by atoms with Crippen LogP contribution in [-0.2, 0) is 0 Å². The summed E-state index contributed by atoms with van der Waals surface area (Å²) in [5.41, 5.74) is 0. The van der Waals surface area contributed by atoms with Crippen LogP contribution in [0.5, 0.6) is 0 Å². The van der Waals surface area contributed by atoms with Crippen LogP contribution in [0.15, 0.2) is 0 Å². The summed E-state index contributed by atoms with van der Waals surface area (Å²) in [6.07, 6.45) is 6.81. The molecule has 0 aromatic rings. The van der Waals surface area contributed by atoms with Crippen LogP contribution in [-0.4, -0.2) is 48.8 Å². The highest BCUT2D eigenvalue weighted by molar-refractivity contribution is 4.86. The summed E-state index contributed by atoms with van der Waals surface area (Å²) >= 11 is 0. The van der Waals surface area contributed by atoms with Crippen molar-refractivity contribution < 1.29 is 5.11 Å². The Hall–Kier alpha value is -0.120. The molecule has 3 unspecified atom stereocenters. The third-order valence-corrected chi connectivity index (χ3v) is 4.61. The van der Waals surface area contributed by atoms with E-state index in [2.05, 4.69) is 31.0 Å². The summed E-state index contributed by atoms with van der Waals surface area (Å²) in [4.78, 5) is 2.41. The summed E-state index contributed by atoms with van der Waals surface area (Å²) in [7, 11) is 0. The van der Waals surface area contributed by atoms with Crippen molar-refractivity contribution in [2.45, 2.75) is 58.9 Å². The van der Waals surface area contributed by atoms with Gasteiger partial charge in [0, 0.05) is 19.1 Å². The van der Waals surface area contributed by atoms with E-state index in [1.54, 1.807) is 0 Å². The van der Waals surface area contributed by atoms with Crippen molar-refractivity contribution in [3.63, 3.8) is 0 Å². The van der Waals surface area contributed by atoms with Gasteiger partial charge < -0.3 is 15.3 Å². The lowest BCUT2D eigenvalue weighted by Crippen LogP contribution is -2.46. The number of rotatable bonds is 9. The Labute approximate surface area is 119 Å². The van der Waals surface area contributed by atoms with E-state index in [-0.39, 0.29) is 6.61 Å². The predicted octanol–water partition coefficient (Wildman–Crippen LogP) is 2.50. The molecule has 0 heterocycles. The van der Waals surface area contributed by atoms with Crippen LogP contribution in [0, 0.1) is 11.8 Å². The van der Waals surface area contributed by atoms with E-state index in [0.29, 0.717) is 6.04 Å². The molecule has 1 saturated carbocycles. The lowest BCUT2D eigenvalue weighted by molar-refractivity contribution is 0.124. The normalized spacial score (nSPS) is 27.9. The molecule has 3 atom stereocenters. The minimum atomic E-state index is 0.283. The van der Waals surface area contributed by atoms with Gasteiger partial charge in [0.1, 0.15) is 0 Å². The molecular weight excluding hydrogens is 236 g/mol. The van der Waals surface area contributed by atoms with Crippen LogP contribution in [0.1, 0.15) is 52.9 Å². The molecule has 1 rings (SSSR count). The van der Waals surface area contributed by atoms with Crippen LogP contribution in [0.2, 0.25) is 0 Å². The monoisotopic (exact) mass is 270 g/mol. The van der Waals surface area contributed by atoms with Crippen molar-refractivity contribution in [2.75, 3.05) is 32.8 Å². The van der Waals surface area contributed by atoms with E-state index < -0.39 is 0 Å². The van der Waals surface area contributed by atoms with Gasteiger partial charge in [-0.1, -0.05) is 33.6 Å². The Morgan fingerprint density at radius 3 is 2.58 bits per heavy atom. The molecule has 0 aliphatic heterocycles. The van der Waals surface area contributed by atoms with E-state index >= 15 is 0 Å². The molecule has 3 nitrogen and oxygen atoms in total. The van der Waals surface area contributed by atoms with Gasteiger partial charge in [-0.2, -0.15) is 0 Å². The van der Waals surface area contributed by atoms with Crippen LogP contribution in [0.25, 0.3) is 0 Å². The fraction of sp³-hybridized carbons (Fsp3) is 1.00. The Kier molecular flexibility index (Phi) is 8.67. The molecule has 2 N–H and O–H groups in total. The predicted molar refractivity (Wildman–Crippen MR) is 82.4 cm³/mol. The molecule has 0 amide bonds. The van der Waals surface area contributed by atoms with Crippen molar-refractivity contribution in [3.8, 4) is 0 Å². The van der Waals surface area contributed by atoms with Crippen LogP contribution >= 0.6 is 0 Å². The van der Waals surface area contributed by atoms with Crippen molar-refractivity contribution in [3.05, 3.63) is 0 Å². The Morgan fingerprint density at radius 2 is 2.00 bits per heavy atom. The topological polar surface area (TPSA) is 35.5 Å². The van der Waals surface area contributed by atoms with E-state index in [9.17, 15) is 0 Å². The lowest BCUT2D eigenvalue weighted by atomic mass is 9.76. The number of nitrogens with zero attached hydrogens (tertiary/aromatic N) is 1. The standard InChI is InChI=1S/C16H34N2O/c1-4-7-14-8-9-16(17-5-2)15(12-14)13-18(6-3)10-11-19/h14-17,19H,4-13H2,1-3H3. The molecule has 1 aliphatic rings. The van der Waals surface area contributed by atoms with Crippen molar-refractivity contribution in [2.24, 2.45) is 11.8 Å². The number of aliphatic hydroxyl groups is 1. The smallest absolute Gasteiger partial charge is 0.0558 e. The van der Waals surface area contributed by atoms with E-state index in [4.69, 9.17) is 5.11 Å². The average Bonchev–Trinajstić information content (AvgIpc) is 2.41. The fourth-order valence-corrected chi connectivity index (χ4v) is 3.62. The van der Waals surface area contributed by atoms with Crippen LogP contribution < -0.4 is 5.32 Å². The van der Waals surface area contributed by atoms with Gasteiger partial charge in [0.15, 0.2) is 0 Å². The van der Waals surface area contributed by atoms with E-state index in [1.807, 2.05) is 0 Å². The first-order valence-corrected chi connectivity index (χ1v) is 8.31. The quantitative estimate of drug-likeness (QED) is 0.676. The highest BCUT2D eigenvalue weighted by atomic mass is 16.3. The first-order chi connectivity index (χ1) is 9.24. The summed E-state index contributed by atoms with van der Waals surface area (Å²) < 4.78 is 0. The second-order valence-corrected chi connectivity index (χ2v) is 6.01. The molecule has 1 aliphatic carbocycles. The molecule has 0 spiro atoms. The van der Waals surface area contributed by atoms with Gasteiger partial charge in [0.25, 0.3) is 0 Å². The zero-order chi connectivity index (χ0) is 14.1. The van der Waals surface area contributed by atoms with Crippen LogP contribution in [0.4, 0.5) is 0 Å². The summed E-state index contributed by atoms with van der Waals surface area (Å²) in [5.74, 6) is 1.69. The highest BCUT2D eigenvalue weighted by Crippen LogP contribution is 2.32. The zero-order valence-corrected chi connectivity index (χ0v) is 13.2. The van der Waals surface area contributed by atoms with Gasteiger partial charge in [-0.15, -0.1) is 0 Å². The molecule has 0 bridgehead atoms. The fourth-order valence-electron chi connectivity index (χ4n) is 3.62. The maximum absolute atomic E-state index is 9.15. The number of hydrogen-bond donors (Lipinski definition) is 2. The Bertz CT molecular complexity index is 223. The first-order valence-electron chi connectivity index (χ1n) is 8.31. The van der Waals surface area contributed by atoms with E-state index in [1.165, 1.54) is 32.1 Å². The molecule has 0 saturated heterocycles. The first kappa shape index (κ1) is 16.9. The maximum atomic E-state index is 9.15. The third-order valence-electron chi connectivity index (χ3n) is 4.61.